The molecule has 0 aliphatic carbocycles. The van der Waals surface area contributed by atoms with Crippen LogP contribution in [0.3, 0.4) is 0 Å². The van der Waals surface area contributed by atoms with E-state index in [0.717, 1.165) is 12.8 Å². The zero-order chi connectivity index (χ0) is 13.1. The highest BCUT2D eigenvalue weighted by molar-refractivity contribution is 5.76. The maximum Gasteiger partial charge on any atom is 0.394 e. The van der Waals surface area contributed by atoms with Crippen molar-refractivity contribution in [1.82, 2.24) is 4.90 Å². The number of likely N-dealkylation sites (tertiary alicyclic amines) is 1. The molecule has 1 aliphatic heterocycles. The van der Waals surface area contributed by atoms with Gasteiger partial charge in [-0.15, -0.1) is 0 Å². The Morgan fingerprint density at radius 2 is 2.12 bits per heavy atom. The summed E-state index contributed by atoms with van der Waals surface area (Å²) in [6.45, 7) is 1.65. The summed E-state index contributed by atoms with van der Waals surface area (Å²) >= 11 is 0. The molecule has 1 fully saturated rings. The summed E-state index contributed by atoms with van der Waals surface area (Å²) < 4.78 is 37.7. The fourth-order valence-corrected chi connectivity index (χ4v) is 1.94. The van der Waals surface area contributed by atoms with Gasteiger partial charge in [-0.25, -0.2) is 0 Å². The normalized spacial score (nSPS) is 24.6. The third kappa shape index (κ3) is 4.18. The monoisotopic (exact) mass is 252 g/mol. The lowest BCUT2D eigenvalue weighted by Crippen LogP contribution is -2.43. The van der Waals surface area contributed by atoms with Crippen molar-refractivity contribution >= 4 is 5.91 Å². The number of hydrogen-bond acceptors (Lipinski definition) is 2. The molecule has 6 heteroatoms. The van der Waals surface area contributed by atoms with E-state index >= 15 is 0 Å². The van der Waals surface area contributed by atoms with Gasteiger partial charge in [-0.1, -0.05) is 6.92 Å². The minimum Gasteiger partial charge on any atom is -0.342 e. The van der Waals surface area contributed by atoms with Crippen LogP contribution in [-0.4, -0.2) is 36.6 Å². The molecule has 3 nitrogen and oxygen atoms in total. The zero-order valence-electron chi connectivity index (χ0n) is 9.96. The predicted molar refractivity (Wildman–Crippen MR) is 58.2 cm³/mol. The Morgan fingerprint density at radius 3 is 2.65 bits per heavy atom. The number of rotatable bonds is 3. The predicted octanol–water partition coefficient (Wildman–Crippen LogP) is 1.77. The molecule has 1 saturated heterocycles. The average molecular weight is 252 g/mol. The Hall–Kier alpha value is -0.780. The maximum atomic E-state index is 12.6. The summed E-state index contributed by atoms with van der Waals surface area (Å²) in [4.78, 5) is 13.0. The van der Waals surface area contributed by atoms with E-state index < -0.39 is 18.6 Å². The molecule has 0 aromatic carbocycles. The molecule has 0 spiro atoms. The van der Waals surface area contributed by atoms with E-state index in [1.165, 1.54) is 4.90 Å². The molecule has 2 unspecified atom stereocenters. The lowest BCUT2D eigenvalue weighted by atomic mass is 10.0. The summed E-state index contributed by atoms with van der Waals surface area (Å²) in [6.07, 6.45) is -2.46. The summed E-state index contributed by atoms with van der Waals surface area (Å²) in [5, 5.41) is 0. The first-order valence-corrected chi connectivity index (χ1v) is 5.89. The third-order valence-electron chi connectivity index (χ3n) is 3.28. The van der Waals surface area contributed by atoms with Gasteiger partial charge in [0, 0.05) is 26.1 Å². The second kappa shape index (κ2) is 5.71. The van der Waals surface area contributed by atoms with Crippen molar-refractivity contribution in [3.63, 3.8) is 0 Å². The van der Waals surface area contributed by atoms with E-state index in [4.69, 9.17) is 5.73 Å². The van der Waals surface area contributed by atoms with Crippen molar-refractivity contribution in [2.24, 2.45) is 17.6 Å². The second-order valence-electron chi connectivity index (χ2n) is 4.75. The molecule has 17 heavy (non-hydrogen) atoms. The molecule has 100 valence electrons. The number of halogens is 3. The standard InChI is InChI=1S/C11H19F3N2O/c1-8-2-3-10(17)16(5-4-8)7-9(6-15)11(12,13)14/h8-9H,2-7,15H2,1H3. The number of alkyl halides is 3. The SMILES string of the molecule is CC1CCC(=O)N(CC(CN)C(F)(F)F)CC1. The Morgan fingerprint density at radius 1 is 1.47 bits per heavy atom. The van der Waals surface area contributed by atoms with Gasteiger partial charge in [0.1, 0.15) is 0 Å². The van der Waals surface area contributed by atoms with Gasteiger partial charge in [-0.05, 0) is 18.8 Å². The van der Waals surface area contributed by atoms with Crippen LogP contribution in [0.5, 0.6) is 0 Å². The Kier molecular flexibility index (Phi) is 4.80. The molecule has 2 N–H and O–H groups in total. The highest BCUT2D eigenvalue weighted by Gasteiger charge is 2.40. The van der Waals surface area contributed by atoms with E-state index in [1.807, 2.05) is 6.92 Å². The molecule has 2 atom stereocenters. The quantitative estimate of drug-likeness (QED) is 0.832. The summed E-state index contributed by atoms with van der Waals surface area (Å²) in [5.74, 6) is -1.40. The van der Waals surface area contributed by atoms with Crippen LogP contribution in [0.15, 0.2) is 0 Å². The number of nitrogens with two attached hydrogens (primary N) is 1. The molecule has 1 heterocycles. The average Bonchev–Trinajstić information content (AvgIpc) is 2.38. The summed E-state index contributed by atoms with van der Waals surface area (Å²) in [5.41, 5.74) is 5.13. The number of hydrogen-bond donors (Lipinski definition) is 1. The maximum absolute atomic E-state index is 12.6. The minimum absolute atomic E-state index is 0.183. The first kappa shape index (κ1) is 14.3. The van der Waals surface area contributed by atoms with Gasteiger partial charge < -0.3 is 10.6 Å². The molecule has 1 rings (SSSR count). The molecule has 0 saturated carbocycles. The van der Waals surface area contributed by atoms with Crippen molar-refractivity contribution < 1.29 is 18.0 Å². The van der Waals surface area contributed by atoms with Gasteiger partial charge >= 0.3 is 6.18 Å². The van der Waals surface area contributed by atoms with E-state index in [9.17, 15) is 18.0 Å². The molecule has 0 bridgehead atoms. The van der Waals surface area contributed by atoms with E-state index in [2.05, 4.69) is 0 Å². The fourth-order valence-electron chi connectivity index (χ4n) is 1.94. The Balaban J connectivity index is 2.62. The largest absolute Gasteiger partial charge is 0.394 e. The number of amides is 1. The van der Waals surface area contributed by atoms with Crippen molar-refractivity contribution in [3.8, 4) is 0 Å². The fraction of sp³-hybridized carbons (Fsp3) is 0.909. The van der Waals surface area contributed by atoms with Crippen LogP contribution in [0.25, 0.3) is 0 Å². The molecular weight excluding hydrogens is 233 g/mol. The van der Waals surface area contributed by atoms with E-state index in [0.29, 0.717) is 18.9 Å². The molecule has 0 radical (unpaired) electrons. The summed E-state index contributed by atoms with van der Waals surface area (Å²) in [6, 6.07) is 0. The number of carbonyl (C=O) groups excluding carboxylic acids is 1. The number of carbonyl (C=O) groups is 1. The molecule has 1 amide bonds. The Labute approximate surface area is 99.1 Å². The third-order valence-corrected chi connectivity index (χ3v) is 3.28. The van der Waals surface area contributed by atoms with E-state index in [-0.39, 0.29) is 12.5 Å². The van der Waals surface area contributed by atoms with Crippen LogP contribution in [-0.2, 0) is 4.79 Å². The topological polar surface area (TPSA) is 46.3 Å². The van der Waals surface area contributed by atoms with Crippen LogP contribution in [0, 0.1) is 11.8 Å². The highest BCUT2D eigenvalue weighted by Crippen LogP contribution is 2.27. The second-order valence-corrected chi connectivity index (χ2v) is 4.75. The van der Waals surface area contributed by atoms with E-state index in [1.54, 1.807) is 0 Å². The smallest absolute Gasteiger partial charge is 0.342 e. The van der Waals surface area contributed by atoms with Crippen LogP contribution in [0.1, 0.15) is 26.2 Å². The Bertz CT molecular complexity index is 268. The molecule has 1 aliphatic rings. The molecular formula is C11H19F3N2O. The first-order valence-electron chi connectivity index (χ1n) is 5.89. The molecule has 0 aromatic heterocycles. The van der Waals surface area contributed by atoms with Crippen molar-refractivity contribution in [2.75, 3.05) is 19.6 Å². The van der Waals surface area contributed by atoms with Gasteiger partial charge in [-0.3, -0.25) is 4.79 Å². The summed E-state index contributed by atoms with van der Waals surface area (Å²) in [7, 11) is 0. The van der Waals surface area contributed by atoms with Crippen molar-refractivity contribution in [2.45, 2.75) is 32.4 Å². The van der Waals surface area contributed by atoms with Gasteiger partial charge in [0.15, 0.2) is 0 Å². The number of nitrogens with zero attached hydrogens (tertiary/aromatic N) is 1. The lowest BCUT2D eigenvalue weighted by molar-refractivity contribution is -0.177. The lowest BCUT2D eigenvalue weighted by Gasteiger charge is -2.27. The van der Waals surface area contributed by atoms with Crippen molar-refractivity contribution in [1.29, 1.82) is 0 Å². The van der Waals surface area contributed by atoms with Crippen LogP contribution in [0.2, 0.25) is 0 Å². The van der Waals surface area contributed by atoms with Gasteiger partial charge in [0.25, 0.3) is 0 Å². The highest BCUT2D eigenvalue weighted by atomic mass is 19.4. The zero-order valence-corrected chi connectivity index (χ0v) is 9.96. The van der Waals surface area contributed by atoms with Gasteiger partial charge in [0.2, 0.25) is 5.91 Å². The van der Waals surface area contributed by atoms with Gasteiger partial charge in [-0.2, -0.15) is 13.2 Å². The first-order chi connectivity index (χ1) is 7.84. The van der Waals surface area contributed by atoms with Crippen LogP contribution in [0.4, 0.5) is 13.2 Å². The minimum atomic E-state index is -4.33. The van der Waals surface area contributed by atoms with Crippen molar-refractivity contribution in [3.05, 3.63) is 0 Å². The molecule has 0 aromatic rings. The van der Waals surface area contributed by atoms with Crippen LogP contribution >= 0.6 is 0 Å². The van der Waals surface area contributed by atoms with Gasteiger partial charge in [0.05, 0.1) is 5.92 Å². The van der Waals surface area contributed by atoms with Crippen LogP contribution < -0.4 is 5.73 Å².